The lowest BCUT2D eigenvalue weighted by molar-refractivity contribution is -0.117. The van der Waals surface area contributed by atoms with Crippen molar-refractivity contribution in [2.75, 3.05) is 16.8 Å². The molecule has 0 fully saturated rings. The molecule has 0 atom stereocenters. The fourth-order valence-electron chi connectivity index (χ4n) is 2.50. The van der Waals surface area contributed by atoms with Crippen molar-refractivity contribution in [2.24, 2.45) is 0 Å². The molecule has 2 amide bonds. The summed E-state index contributed by atoms with van der Waals surface area (Å²) in [6.07, 6.45) is 0.183. The summed E-state index contributed by atoms with van der Waals surface area (Å²) >= 11 is 0. The summed E-state index contributed by atoms with van der Waals surface area (Å²) in [5.41, 5.74) is 3.06. The van der Waals surface area contributed by atoms with Crippen LogP contribution >= 0.6 is 0 Å². The second kappa shape index (κ2) is 8.24. The van der Waals surface area contributed by atoms with Crippen molar-refractivity contribution in [2.45, 2.75) is 27.2 Å². The number of amides is 2. The minimum atomic E-state index is -0.155. The van der Waals surface area contributed by atoms with Gasteiger partial charge in [0.25, 0.3) is 0 Å². The summed E-state index contributed by atoms with van der Waals surface area (Å²) < 4.78 is 0. The molecule has 130 valence electrons. The highest BCUT2D eigenvalue weighted by molar-refractivity contribution is 5.97. The van der Waals surface area contributed by atoms with Gasteiger partial charge >= 0.3 is 0 Å². The molecule has 0 spiro atoms. The first kappa shape index (κ1) is 18.4. The Morgan fingerprint density at radius 3 is 2.24 bits per heavy atom. The molecule has 0 aromatic heterocycles. The summed E-state index contributed by atoms with van der Waals surface area (Å²) in [7, 11) is 0. The van der Waals surface area contributed by atoms with Crippen LogP contribution in [-0.4, -0.2) is 24.1 Å². The minimum absolute atomic E-state index is 0.0292. The summed E-state index contributed by atoms with van der Waals surface area (Å²) in [5, 5.41) is 2.83. The first-order valence-electron chi connectivity index (χ1n) is 8.12. The van der Waals surface area contributed by atoms with Gasteiger partial charge in [-0.05, 0) is 55.8 Å². The smallest absolute Gasteiger partial charge is 0.226 e. The number of carbonyl (C=O) groups excluding carboxylic acids is 3. The van der Waals surface area contributed by atoms with Crippen molar-refractivity contribution < 1.29 is 14.4 Å². The summed E-state index contributed by atoms with van der Waals surface area (Å²) in [6.45, 7) is 5.18. The van der Waals surface area contributed by atoms with Crippen LogP contribution in [0.5, 0.6) is 0 Å². The Labute approximate surface area is 147 Å². The number of nitrogens with zero attached hydrogens (tertiary/aromatic N) is 1. The third-order valence-electron chi connectivity index (χ3n) is 3.83. The maximum absolute atomic E-state index is 12.1. The normalized spacial score (nSPS) is 10.2. The first-order chi connectivity index (χ1) is 11.9. The molecule has 2 rings (SSSR count). The molecular weight excluding hydrogens is 316 g/mol. The lowest BCUT2D eigenvalue weighted by Gasteiger charge is -2.21. The van der Waals surface area contributed by atoms with Crippen molar-refractivity contribution >= 4 is 29.0 Å². The van der Waals surface area contributed by atoms with Crippen molar-refractivity contribution in [3.8, 4) is 0 Å². The zero-order valence-electron chi connectivity index (χ0n) is 14.7. The zero-order valence-corrected chi connectivity index (χ0v) is 14.7. The van der Waals surface area contributed by atoms with Gasteiger partial charge in [0.05, 0.1) is 0 Å². The van der Waals surface area contributed by atoms with Crippen LogP contribution in [0, 0.1) is 6.92 Å². The topological polar surface area (TPSA) is 66.5 Å². The van der Waals surface area contributed by atoms with E-state index in [-0.39, 0.29) is 30.6 Å². The van der Waals surface area contributed by atoms with Crippen LogP contribution in [0.15, 0.2) is 48.5 Å². The Kier molecular flexibility index (Phi) is 6.06. The number of benzene rings is 2. The van der Waals surface area contributed by atoms with E-state index in [0.717, 1.165) is 11.3 Å². The molecule has 25 heavy (non-hydrogen) atoms. The molecule has 2 aromatic carbocycles. The predicted molar refractivity (Wildman–Crippen MR) is 98.9 cm³/mol. The van der Waals surface area contributed by atoms with E-state index >= 15 is 0 Å². The van der Waals surface area contributed by atoms with Crippen molar-refractivity contribution in [3.05, 3.63) is 59.7 Å². The highest BCUT2D eigenvalue weighted by Crippen LogP contribution is 2.17. The van der Waals surface area contributed by atoms with Gasteiger partial charge in [0.15, 0.2) is 5.78 Å². The SMILES string of the molecule is CC(=O)c1ccc(N(CCC(=O)Nc2cccc(C)c2)C(C)=O)cc1. The summed E-state index contributed by atoms with van der Waals surface area (Å²) in [5.74, 6) is -0.338. The standard InChI is InChI=1S/C20H22N2O3/c1-14-5-4-6-18(13-14)21-20(25)11-12-22(16(3)24)19-9-7-17(8-10-19)15(2)23/h4-10,13H,11-12H2,1-3H3,(H,21,25). The van der Waals surface area contributed by atoms with Crippen LogP contribution in [0.4, 0.5) is 11.4 Å². The first-order valence-corrected chi connectivity index (χ1v) is 8.12. The summed E-state index contributed by atoms with van der Waals surface area (Å²) in [6, 6.07) is 14.4. The van der Waals surface area contributed by atoms with Crippen molar-refractivity contribution in [1.29, 1.82) is 0 Å². The molecule has 0 aliphatic rings. The van der Waals surface area contributed by atoms with Gasteiger partial charge in [-0.25, -0.2) is 0 Å². The average molecular weight is 338 g/mol. The second-order valence-corrected chi connectivity index (χ2v) is 5.94. The number of hydrogen-bond donors (Lipinski definition) is 1. The van der Waals surface area contributed by atoms with E-state index in [9.17, 15) is 14.4 Å². The van der Waals surface area contributed by atoms with Crippen LogP contribution in [0.25, 0.3) is 0 Å². The highest BCUT2D eigenvalue weighted by Gasteiger charge is 2.14. The number of Topliss-reactive ketones (excluding diaryl/α,β-unsaturated/α-hetero) is 1. The molecule has 0 heterocycles. The molecule has 0 unspecified atom stereocenters. The Morgan fingerprint density at radius 1 is 1.00 bits per heavy atom. The zero-order chi connectivity index (χ0) is 18.4. The molecule has 5 nitrogen and oxygen atoms in total. The molecule has 1 N–H and O–H groups in total. The molecule has 0 bridgehead atoms. The minimum Gasteiger partial charge on any atom is -0.326 e. The van der Waals surface area contributed by atoms with Crippen LogP contribution in [0.1, 0.15) is 36.2 Å². The number of rotatable bonds is 6. The fourth-order valence-corrected chi connectivity index (χ4v) is 2.50. The Balaban J connectivity index is 2.00. The fraction of sp³-hybridized carbons (Fsp3) is 0.250. The van der Waals surface area contributed by atoms with Gasteiger partial charge in [0, 0.05) is 36.8 Å². The van der Waals surface area contributed by atoms with Crippen LogP contribution in [-0.2, 0) is 9.59 Å². The molecule has 0 radical (unpaired) electrons. The lowest BCUT2D eigenvalue weighted by atomic mass is 10.1. The van der Waals surface area contributed by atoms with E-state index in [1.165, 1.54) is 18.7 Å². The number of ketones is 1. The van der Waals surface area contributed by atoms with Gasteiger partial charge in [0.1, 0.15) is 0 Å². The lowest BCUT2D eigenvalue weighted by Crippen LogP contribution is -2.32. The largest absolute Gasteiger partial charge is 0.326 e. The monoisotopic (exact) mass is 338 g/mol. The van der Waals surface area contributed by atoms with E-state index in [0.29, 0.717) is 11.3 Å². The van der Waals surface area contributed by atoms with Gasteiger partial charge in [-0.3, -0.25) is 14.4 Å². The van der Waals surface area contributed by atoms with Crippen LogP contribution in [0.3, 0.4) is 0 Å². The van der Waals surface area contributed by atoms with Crippen LogP contribution < -0.4 is 10.2 Å². The second-order valence-electron chi connectivity index (χ2n) is 5.94. The Bertz CT molecular complexity index is 782. The van der Waals surface area contributed by atoms with Gasteiger partial charge in [-0.2, -0.15) is 0 Å². The quantitative estimate of drug-likeness (QED) is 0.819. The van der Waals surface area contributed by atoms with E-state index in [1.54, 1.807) is 24.3 Å². The number of carbonyl (C=O) groups is 3. The van der Waals surface area contributed by atoms with Gasteiger partial charge in [-0.15, -0.1) is 0 Å². The molecule has 5 heteroatoms. The molecular formula is C20H22N2O3. The Hall–Kier alpha value is -2.95. The maximum Gasteiger partial charge on any atom is 0.226 e. The van der Waals surface area contributed by atoms with E-state index in [4.69, 9.17) is 0 Å². The van der Waals surface area contributed by atoms with Gasteiger partial charge < -0.3 is 10.2 Å². The molecule has 0 aliphatic heterocycles. The van der Waals surface area contributed by atoms with E-state index < -0.39 is 0 Å². The molecule has 0 saturated heterocycles. The summed E-state index contributed by atoms with van der Waals surface area (Å²) in [4.78, 5) is 36.9. The van der Waals surface area contributed by atoms with E-state index in [2.05, 4.69) is 5.32 Å². The average Bonchev–Trinajstić information content (AvgIpc) is 2.55. The number of hydrogen-bond acceptors (Lipinski definition) is 3. The van der Waals surface area contributed by atoms with Crippen molar-refractivity contribution in [3.63, 3.8) is 0 Å². The maximum atomic E-state index is 12.1. The molecule has 2 aromatic rings. The highest BCUT2D eigenvalue weighted by atomic mass is 16.2. The van der Waals surface area contributed by atoms with Gasteiger partial charge in [0.2, 0.25) is 11.8 Å². The number of nitrogens with one attached hydrogen (secondary N) is 1. The van der Waals surface area contributed by atoms with Crippen LogP contribution in [0.2, 0.25) is 0 Å². The van der Waals surface area contributed by atoms with Crippen molar-refractivity contribution in [1.82, 2.24) is 0 Å². The molecule has 0 aliphatic carbocycles. The third kappa shape index (κ3) is 5.28. The van der Waals surface area contributed by atoms with Gasteiger partial charge in [-0.1, -0.05) is 12.1 Å². The van der Waals surface area contributed by atoms with E-state index in [1.807, 2.05) is 31.2 Å². The molecule has 0 saturated carbocycles. The predicted octanol–water partition coefficient (Wildman–Crippen LogP) is 3.58. The third-order valence-corrected chi connectivity index (χ3v) is 3.83. The number of anilines is 2. The Morgan fingerprint density at radius 2 is 1.68 bits per heavy atom. The number of aryl methyl sites for hydroxylation is 1.